The van der Waals surface area contributed by atoms with Crippen molar-refractivity contribution in [2.75, 3.05) is 12.4 Å². The number of carbonyl (C=O) groups is 2. The van der Waals surface area contributed by atoms with E-state index in [1.54, 1.807) is 26.0 Å². The molecule has 0 spiro atoms. The maximum atomic E-state index is 12.3. The van der Waals surface area contributed by atoms with Crippen molar-refractivity contribution in [3.8, 4) is 5.75 Å². The molecule has 0 aliphatic carbocycles. The van der Waals surface area contributed by atoms with Crippen molar-refractivity contribution < 1.29 is 23.6 Å². The molecule has 0 aliphatic rings. The fourth-order valence-electron chi connectivity index (χ4n) is 2.20. The molecule has 0 saturated heterocycles. The zero-order valence-corrected chi connectivity index (χ0v) is 14.3. The van der Waals surface area contributed by atoms with Crippen molar-refractivity contribution in [1.29, 1.82) is 0 Å². The van der Waals surface area contributed by atoms with Gasteiger partial charge in [-0.3, -0.25) is 4.79 Å². The first kappa shape index (κ1) is 17.5. The molecule has 7 nitrogen and oxygen atoms in total. The second-order valence-electron chi connectivity index (χ2n) is 5.44. The number of esters is 1. The van der Waals surface area contributed by atoms with Crippen LogP contribution < -0.4 is 10.1 Å². The summed E-state index contributed by atoms with van der Waals surface area (Å²) in [6.45, 7) is 6.64. The van der Waals surface area contributed by atoms with Crippen LogP contribution in [0.15, 0.2) is 22.7 Å². The third-order valence-electron chi connectivity index (χ3n) is 3.50. The number of rotatable bonds is 5. The van der Waals surface area contributed by atoms with E-state index in [1.807, 2.05) is 13.0 Å². The molecule has 1 N–H and O–H groups in total. The number of carbonyl (C=O) groups excluding carboxylic acids is 2. The molecule has 0 unspecified atom stereocenters. The SMILES string of the molecule is COc1ccc(C)cc1NC(=O)[C@@H](C)OC(=O)c1c(C)noc1C. The Kier molecular flexibility index (Phi) is 5.23. The highest BCUT2D eigenvalue weighted by atomic mass is 16.5. The largest absolute Gasteiger partial charge is 0.495 e. The summed E-state index contributed by atoms with van der Waals surface area (Å²) in [5, 5.41) is 6.40. The third-order valence-corrected chi connectivity index (χ3v) is 3.50. The van der Waals surface area contributed by atoms with Gasteiger partial charge >= 0.3 is 5.97 Å². The number of nitrogens with zero attached hydrogens (tertiary/aromatic N) is 1. The zero-order chi connectivity index (χ0) is 17.9. The van der Waals surface area contributed by atoms with Crippen LogP contribution in [0.25, 0.3) is 0 Å². The summed E-state index contributed by atoms with van der Waals surface area (Å²) < 4.78 is 15.3. The molecule has 2 rings (SSSR count). The Hall–Kier alpha value is -2.83. The molecular formula is C17H20N2O5. The number of amides is 1. The summed E-state index contributed by atoms with van der Waals surface area (Å²) in [6, 6.07) is 5.40. The number of anilines is 1. The van der Waals surface area contributed by atoms with Crippen molar-refractivity contribution in [3.05, 3.63) is 40.8 Å². The summed E-state index contributed by atoms with van der Waals surface area (Å²) in [5.74, 6) is -0.229. The van der Waals surface area contributed by atoms with Crippen molar-refractivity contribution in [1.82, 2.24) is 5.16 Å². The molecule has 1 amide bonds. The Morgan fingerprint density at radius 2 is 1.96 bits per heavy atom. The third kappa shape index (κ3) is 3.73. The zero-order valence-electron chi connectivity index (χ0n) is 14.3. The normalized spacial score (nSPS) is 11.7. The average Bonchev–Trinajstić information content (AvgIpc) is 2.86. The summed E-state index contributed by atoms with van der Waals surface area (Å²) in [4.78, 5) is 24.4. The molecule has 0 aliphatic heterocycles. The van der Waals surface area contributed by atoms with E-state index < -0.39 is 18.0 Å². The maximum absolute atomic E-state index is 12.3. The predicted octanol–water partition coefficient (Wildman–Crippen LogP) is 2.79. The number of aromatic nitrogens is 1. The highest BCUT2D eigenvalue weighted by molar-refractivity contribution is 5.98. The van der Waals surface area contributed by atoms with Gasteiger partial charge in [0.1, 0.15) is 17.1 Å². The van der Waals surface area contributed by atoms with Gasteiger partial charge < -0.3 is 19.3 Å². The molecule has 2 aromatic rings. The lowest BCUT2D eigenvalue weighted by atomic mass is 10.2. The number of nitrogens with one attached hydrogen (secondary N) is 1. The van der Waals surface area contributed by atoms with E-state index in [4.69, 9.17) is 14.0 Å². The predicted molar refractivity (Wildman–Crippen MR) is 87.2 cm³/mol. The molecular weight excluding hydrogens is 312 g/mol. The van der Waals surface area contributed by atoms with Crippen LogP contribution in [-0.4, -0.2) is 30.2 Å². The first-order chi connectivity index (χ1) is 11.3. The van der Waals surface area contributed by atoms with E-state index in [9.17, 15) is 9.59 Å². The minimum Gasteiger partial charge on any atom is -0.495 e. The van der Waals surface area contributed by atoms with Crippen molar-refractivity contribution >= 4 is 17.6 Å². The maximum Gasteiger partial charge on any atom is 0.344 e. The number of aryl methyl sites for hydroxylation is 3. The van der Waals surface area contributed by atoms with Crippen molar-refractivity contribution in [3.63, 3.8) is 0 Å². The van der Waals surface area contributed by atoms with Crippen LogP contribution >= 0.6 is 0 Å². The van der Waals surface area contributed by atoms with E-state index in [2.05, 4.69) is 10.5 Å². The Bertz CT molecular complexity index is 747. The van der Waals surface area contributed by atoms with Crippen LogP contribution in [0, 0.1) is 20.8 Å². The summed E-state index contributed by atoms with van der Waals surface area (Å²) in [7, 11) is 1.52. The molecule has 24 heavy (non-hydrogen) atoms. The molecule has 7 heteroatoms. The van der Waals surface area contributed by atoms with Gasteiger partial charge in [0.05, 0.1) is 18.5 Å². The van der Waals surface area contributed by atoms with E-state index >= 15 is 0 Å². The average molecular weight is 332 g/mol. The summed E-state index contributed by atoms with van der Waals surface area (Å²) in [5.41, 5.74) is 2.14. The fraction of sp³-hybridized carbons (Fsp3) is 0.353. The van der Waals surface area contributed by atoms with Crippen LogP contribution in [0.2, 0.25) is 0 Å². The number of hydrogen-bond donors (Lipinski definition) is 1. The summed E-state index contributed by atoms with van der Waals surface area (Å²) >= 11 is 0. The van der Waals surface area contributed by atoms with Crippen molar-refractivity contribution in [2.45, 2.75) is 33.8 Å². The topological polar surface area (TPSA) is 90.7 Å². The molecule has 1 aromatic carbocycles. The minimum absolute atomic E-state index is 0.239. The molecule has 0 saturated carbocycles. The Morgan fingerprint density at radius 3 is 2.54 bits per heavy atom. The molecule has 128 valence electrons. The molecule has 1 heterocycles. The highest BCUT2D eigenvalue weighted by Crippen LogP contribution is 2.25. The summed E-state index contributed by atoms with van der Waals surface area (Å²) in [6.07, 6.45) is -0.989. The lowest BCUT2D eigenvalue weighted by Crippen LogP contribution is -2.30. The van der Waals surface area contributed by atoms with Gasteiger partial charge in [-0.15, -0.1) is 0 Å². The second kappa shape index (κ2) is 7.16. The van der Waals surface area contributed by atoms with E-state index in [0.717, 1.165) is 5.56 Å². The van der Waals surface area contributed by atoms with Gasteiger partial charge in [0, 0.05) is 0 Å². The van der Waals surface area contributed by atoms with Crippen LogP contribution in [0.4, 0.5) is 5.69 Å². The fourth-order valence-corrected chi connectivity index (χ4v) is 2.20. The first-order valence-corrected chi connectivity index (χ1v) is 7.42. The molecule has 0 radical (unpaired) electrons. The van der Waals surface area contributed by atoms with Crippen molar-refractivity contribution in [2.24, 2.45) is 0 Å². The van der Waals surface area contributed by atoms with Crippen LogP contribution in [0.5, 0.6) is 5.75 Å². The van der Waals surface area contributed by atoms with Gasteiger partial charge in [-0.1, -0.05) is 11.2 Å². The second-order valence-corrected chi connectivity index (χ2v) is 5.44. The smallest absolute Gasteiger partial charge is 0.344 e. The van der Waals surface area contributed by atoms with Gasteiger partial charge in [-0.05, 0) is 45.4 Å². The minimum atomic E-state index is -0.989. The van der Waals surface area contributed by atoms with Crippen LogP contribution in [0.3, 0.4) is 0 Å². The first-order valence-electron chi connectivity index (χ1n) is 7.42. The van der Waals surface area contributed by atoms with Gasteiger partial charge in [0.15, 0.2) is 6.10 Å². The van der Waals surface area contributed by atoms with E-state index in [0.29, 0.717) is 22.9 Å². The highest BCUT2D eigenvalue weighted by Gasteiger charge is 2.24. The molecule has 1 aromatic heterocycles. The lowest BCUT2D eigenvalue weighted by Gasteiger charge is -2.15. The van der Waals surface area contributed by atoms with E-state index in [-0.39, 0.29) is 5.56 Å². The monoisotopic (exact) mass is 332 g/mol. The van der Waals surface area contributed by atoms with Gasteiger partial charge in [0.2, 0.25) is 0 Å². The van der Waals surface area contributed by atoms with Crippen LogP contribution in [-0.2, 0) is 9.53 Å². The number of methoxy groups -OCH3 is 1. The van der Waals surface area contributed by atoms with Gasteiger partial charge in [-0.25, -0.2) is 4.79 Å². The molecule has 0 fully saturated rings. The van der Waals surface area contributed by atoms with Gasteiger partial charge in [-0.2, -0.15) is 0 Å². The number of hydrogen-bond acceptors (Lipinski definition) is 6. The van der Waals surface area contributed by atoms with E-state index in [1.165, 1.54) is 14.0 Å². The molecule has 1 atom stereocenters. The standard InChI is InChI=1S/C17H20N2O5/c1-9-6-7-14(22-5)13(8-9)18-16(20)12(4)23-17(21)15-10(2)19-24-11(15)3/h6-8,12H,1-5H3,(H,18,20)/t12-/m1/s1. The molecule has 0 bridgehead atoms. The number of benzene rings is 1. The van der Waals surface area contributed by atoms with Gasteiger partial charge in [0.25, 0.3) is 5.91 Å². The Balaban J connectivity index is 2.08. The van der Waals surface area contributed by atoms with Crippen LogP contribution in [0.1, 0.15) is 34.3 Å². The Morgan fingerprint density at radius 1 is 1.25 bits per heavy atom. The Labute approximate surface area is 139 Å². The lowest BCUT2D eigenvalue weighted by molar-refractivity contribution is -0.123. The number of ether oxygens (including phenoxy) is 2. The quantitative estimate of drug-likeness (QED) is 0.847.